The molecule has 3 fully saturated rings. The summed E-state index contributed by atoms with van der Waals surface area (Å²) in [5.74, 6) is 0.919. The van der Waals surface area contributed by atoms with E-state index in [-0.39, 0.29) is 40.9 Å². The number of methoxy groups -OCH3 is 1. The summed E-state index contributed by atoms with van der Waals surface area (Å²) in [5, 5.41) is 21.0. The van der Waals surface area contributed by atoms with Crippen LogP contribution >= 0.6 is 11.8 Å². The number of esters is 1. The number of Topliss-reactive ketones (excluding diaryl/α,β-unsaturated/α-hetero) is 1. The highest BCUT2D eigenvalue weighted by molar-refractivity contribution is 7.99. The number of benzene rings is 1. The van der Waals surface area contributed by atoms with Gasteiger partial charge in [-0.05, 0) is 54.7 Å². The summed E-state index contributed by atoms with van der Waals surface area (Å²) in [6.45, 7) is 0. The SMILES string of the molecule is COC(=O)c1ccc(CSC2C(=O)CC(O)[C@@H]2C=CCC(O)C2(CC3CC3)CCC2)cc1. The minimum atomic E-state index is -0.667. The molecule has 174 valence electrons. The predicted octanol–water partition coefficient (Wildman–Crippen LogP) is 4.30. The largest absolute Gasteiger partial charge is 0.465 e. The van der Waals surface area contributed by atoms with Crippen LogP contribution in [0.3, 0.4) is 0 Å². The van der Waals surface area contributed by atoms with Crippen LogP contribution in [-0.2, 0) is 15.3 Å². The number of carbonyl (C=O) groups excluding carboxylic acids is 2. The molecule has 32 heavy (non-hydrogen) atoms. The molecule has 0 aliphatic heterocycles. The van der Waals surface area contributed by atoms with E-state index < -0.39 is 6.10 Å². The van der Waals surface area contributed by atoms with Gasteiger partial charge in [0.05, 0.1) is 30.1 Å². The number of aliphatic hydroxyl groups is 2. The minimum absolute atomic E-state index is 0.0769. The van der Waals surface area contributed by atoms with Gasteiger partial charge in [0.2, 0.25) is 0 Å². The Balaban J connectivity index is 1.32. The van der Waals surface area contributed by atoms with Crippen LogP contribution in [0.4, 0.5) is 0 Å². The molecule has 5 nitrogen and oxygen atoms in total. The van der Waals surface area contributed by atoms with Crippen molar-refractivity contribution in [2.24, 2.45) is 17.3 Å². The molecule has 0 bridgehead atoms. The monoisotopic (exact) mass is 458 g/mol. The Bertz CT molecular complexity index is 840. The first-order chi connectivity index (χ1) is 15.4. The van der Waals surface area contributed by atoms with Crippen LogP contribution in [0.5, 0.6) is 0 Å². The van der Waals surface area contributed by atoms with Gasteiger partial charge in [-0.1, -0.05) is 43.5 Å². The Morgan fingerprint density at radius 2 is 2.00 bits per heavy atom. The van der Waals surface area contributed by atoms with Crippen LogP contribution in [0.25, 0.3) is 0 Å². The van der Waals surface area contributed by atoms with E-state index in [0.717, 1.165) is 30.7 Å². The first kappa shape index (κ1) is 23.5. The van der Waals surface area contributed by atoms with Crippen LogP contribution in [0.15, 0.2) is 36.4 Å². The minimum Gasteiger partial charge on any atom is -0.465 e. The van der Waals surface area contributed by atoms with E-state index in [1.807, 2.05) is 24.3 Å². The van der Waals surface area contributed by atoms with Gasteiger partial charge in [0, 0.05) is 18.1 Å². The van der Waals surface area contributed by atoms with Crippen molar-refractivity contribution in [3.63, 3.8) is 0 Å². The number of ketones is 1. The summed E-state index contributed by atoms with van der Waals surface area (Å²) in [6.07, 6.45) is 11.0. The van der Waals surface area contributed by atoms with Gasteiger partial charge in [-0.2, -0.15) is 0 Å². The molecule has 3 unspecified atom stereocenters. The zero-order valence-corrected chi connectivity index (χ0v) is 19.6. The maximum Gasteiger partial charge on any atom is 0.337 e. The lowest BCUT2D eigenvalue weighted by molar-refractivity contribution is -0.117. The summed E-state index contributed by atoms with van der Waals surface area (Å²) >= 11 is 1.53. The molecule has 0 saturated heterocycles. The second-order valence-electron chi connectivity index (χ2n) is 9.78. The van der Waals surface area contributed by atoms with Crippen LogP contribution in [0.1, 0.15) is 67.3 Å². The van der Waals surface area contributed by atoms with Gasteiger partial charge in [0.15, 0.2) is 0 Å². The second-order valence-corrected chi connectivity index (χ2v) is 10.9. The first-order valence-corrected chi connectivity index (χ1v) is 12.8. The molecule has 0 amide bonds. The third kappa shape index (κ3) is 5.29. The average Bonchev–Trinajstić information content (AvgIpc) is 3.54. The molecule has 1 aromatic rings. The lowest BCUT2D eigenvalue weighted by Gasteiger charge is -2.46. The maximum atomic E-state index is 12.5. The van der Waals surface area contributed by atoms with Gasteiger partial charge in [-0.3, -0.25) is 4.79 Å². The molecule has 2 N–H and O–H groups in total. The molecule has 0 radical (unpaired) electrons. The van der Waals surface area contributed by atoms with Crippen molar-refractivity contribution in [2.45, 2.75) is 74.6 Å². The number of hydrogen-bond donors (Lipinski definition) is 2. The molecule has 6 heteroatoms. The van der Waals surface area contributed by atoms with Gasteiger partial charge in [-0.15, -0.1) is 11.8 Å². The van der Waals surface area contributed by atoms with E-state index in [1.54, 1.807) is 12.1 Å². The fraction of sp³-hybridized carbons (Fsp3) is 0.615. The molecule has 0 spiro atoms. The number of thioether (sulfide) groups is 1. The summed E-state index contributed by atoms with van der Waals surface area (Å²) in [7, 11) is 1.36. The fourth-order valence-corrected chi connectivity index (χ4v) is 6.51. The standard InChI is InChI=1S/C26H34O5S/c1-31-25(30)19-10-8-18(9-11-19)16-32-24-20(21(27)14-22(24)28)4-2-5-23(29)26(12-3-13-26)15-17-6-7-17/h2,4,8-11,17,20-21,23-24,27,29H,3,5-7,12-16H2,1H3/t20-,21?,23?,24?/m0/s1. The molecule has 1 aromatic carbocycles. The Kier molecular flexibility index (Phi) is 7.43. The van der Waals surface area contributed by atoms with Crippen molar-refractivity contribution in [2.75, 3.05) is 7.11 Å². The van der Waals surface area contributed by atoms with E-state index in [4.69, 9.17) is 4.74 Å². The number of ether oxygens (including phenoxy) is 1. The number of rotatable bonds is 10. The zero-order valence-electron chi connectivity index (χ0n) is 18.7. The van der Waals surface area contributed by atoms with Crippen LogP contribution in [0.2, 0.25) is 0 Å². The van der Waals surface area contributed by atoms with E-state index in [2.05, 4.69) is 0 Å². The highest BCUT2D eigenvalue weighted by atomic mass is 32.2. The Labute approximate surface area is 194 Å². The molecule has 3 aliphatic rings. The summed E-state index contributed by atoms with van der Waals surface area (Å²) in [5.41, 5.74) is 1.61. The molecule has 4 atom stereocenters. The normalized spacial score (nSPS) is 28.0. The molecule has 3 saturated carbocycles. The Morgan fingerprint density at radius 3 is 2.59 bits per heavy atom. The molecule has 3 aliphatic carbocycles. The van der Waals surface area contributed by atoms with E-state index >= 15 is 0 Å². The lowest BCUT2D eigenvalue weighted by atomic mass is 9.61. The third-order valence-corrected chi connectivity index (χ3v) is 8.93. The average molecular weight is 459 g/mol. The van der Waals surface area contributed by atoms with Gasteiger partial charge in [0.1, 0.15) is 5.78 Å². The quantitative estimate of drug-likeness (QED) is 0.402. The zero-order chi connectivity index (χ0) is 22.7. The second kappa shape index (κ2) is 10.1. The van der Waals surface area contributed by atoms with E-state index in [9.17, 15) is 19.8 Å². The van der Waals surface area contributed by atoms with Crippen molar-refractivity contribution >= 4 is 23.5 Å². The summed E-state index contributed by atoms with van der Waals surface area (Å²) < 4.78 is 4.72. The van der Waals surface area contributed by atoms with E-state index in [1.165, 1.54) is 38.1 Å². The first-order valence-electron chi connectivity index (χ1n) is 11.8. The topological polar surface area (TPSA) is 83.8 Å². The number of aliphatic hydroxyl groups excluding tert-OH is 2. The van der Waals surface area contributed by atoms with Gasteiger partial charge < -0.3 is 14.9 Å². The molecule has 0 heterocycles. The van der Waals surface area contributed by atoms with E-state index in [0.29, 0.717) is 17.7 Å². The van der Waals surface area contributed by atoms with Crippen LogP contribution in [0, 0.1) is 17.3 Å². The molecule has 4 rings (SSSR count). The van der Waals surface area contributed by atoms with Crippen LogP contribution in [-0.4, -0.2) is 46.5 Å². The molecular formula is C26H34O5S. The van der Waals surface area contributed by atoms with Gasteiger partial charge >= 0.3 is 5.97 Å². The van der Waals surface area contributed by atoms with Crippen molar-refractivity contribution in [3.05, 3.63) is 47.5 Å². The van der Waals surface area contributed by atoms with Crippen molar-refractivity contribution in [1.82, 2.24) is 0 Å². The summed E-state index contributed by atoms with van der Waals surface area (Å²) in [4.78, 5) is 24.1. The number of carbonyl (C=O) groups is 2. The fourth-order valence-electron chi connectivity index (χ4n) is 5.16. The van der Waals surface area contributed by atoms with Gasteiger partial charge in [0.25, 0.3) is 0 Å². The Hall–Kier alpha value is -1.63. The van der Waals surface area contributed by atoms with Crippen molar-refractivity contribution in [1.29, 1.82) is 0 Å². The van der Waals surface area contributed by atoms with Crippen LogP contribution < -0.4 is 0 Å². The highest BCUT2D eigenvalue weighted by Crippen LogP contribution is 2.53. The lowest BCUT2D eigenvalue weighted by Crippen LogP contribution is -2.41. The smallest absolute Gasteiger partial charge is 0.337 e. The Morgan fingerprint density at radius 1 is 1.28 bits per heavy atom. The van der Waals surface area contributed by atoms with Gasteiger partial charge in [-0.25, -0.2) is 4.79 Å². The maximum absolute atomic E-state index is 12.5. The summed E-state index contributed by atoms with van der Waals surface area (Å²) in [6, 6.07) is 7.19. The highest BCUT2D eigenvalue weighted by Gasteiger charge is 2.46. The third-order valence-electron chi connectivity index (χ3n) is 7.49. The molecule has 0 aromatic heterocycles. The van der Waals surface area contributed by atoms with Crippen molar-refractivity contribution in [3.8, 4) is 0 Å². The predicted molar refractivity (Wildman–Crippen MR) is 125 cm³/mol. The number of hydrogen-bond acceptors (Lipinski definition) is 6. The molecular weight excluding hydrogens is 424 g/mol. The van der Waals surface area contributed by atoms with Crippen molar-refractivity contribution < 1.29 is 24.5 Å².